The smallest absolute Gasteiger partial charge is 0.336 e. The van der Waals surface area contributed by atoms with Gasteiger partial charge in [-0.2, -0.15) is 0 Å². The minimum Gasteiger partial charge on any atom is -0.408 e. The minimum atomic E-state index is -3.57. The highest BCUT2D eigenvalue weighted by atomic mass is 35.5. The van der Waals surface area contributed by atoms with Gasteiger partial charge in [-0.1, -0.05) is 34.4 Å². The first-order valence-corrected chi connectivity index (χ1v) is 8.31. The molecule has 1 heterocycles. The Morgan fingerprint density at radius 1 is 1.19 bits per heavy atom. The fourth-order valence-corrected chi connectivity index (χ4v) is 2.63. The summed E-state index contributed by atoms with van der Waals surface area (Å²) < 4.78 is 28.8. The molecule has 1 aromatic heterocycles. The van der Waals surface area contributed by atoms with Crippen LogP contribution in [0.1, 0.15) is 25.3 Å². The van der Waals surface area contributed by atoms with Crippen molar-refractivity contribution in [3.05, 3.63) is 39.7 Å². The van der Waals surface area contributed by atoms with Gasteiger partial charge in [0.05, 0.1) is 5.25 Å². The molecule has 0 spiro atoms. The standard InChI is InChI=1S/C13H12Cl2N2O3S/c1-8(2)21(18,19)13-17-16-12(20-13)6-4-9-3-5-10(14)7-11(9)15/h3-8H,1-2H3/b6-4+. The summed E-state index contributed by atoms with van der Waals surface area (Å²) in [4.78, 5) is 0. The maximum atomic E-state index is 11.9. The average Bonchev–Trinajstić information content (AvgIpc) is 2.87. The van der Waals surface area contributed by atoms with Crippen molar-refractivity contribution in [2.75, 3.05) is 0 Å². The Hall–Kier alpha value is -1.37. The Morgan fingerprint density at radius 2 is 1.90 bits per heavy atom. The van der Waals surface area contributed by atoms with Gasteiger partial charge in [-0.25, -0.2) is 8.42 Å². The first kappa shape index (κ1) is 16.0. The van der Waals surface area contributed by atoms with Crippen molar-refractivity contribution in [2.45, 2.75) is 24.3 Å². The van der Waals surface area contributed by atoms with Crippen molar-refractivity contribution < 1.29 is 12.8 Å². The monoisotopic (exact) mass is 346 g/mol. The molecule has 21 heavy (non-hydrogen) atoms. The molecular weight excluding hydrogens is 335 g/mol. The maximum absolute atomic E-state index is 11.9. The summed E-state index contributed by atoms with van der Waals surface area (Å²) in [6.45, 7) is 3.09. The minimum absolute atomic E-state index is 0.0836. The molecule has 0 radical (unpaired) electrons. The summed E-state index contributed by atoms with van der Waals surface area (Å²) in [5.74, 6) is 0.0836. The summed E-state index contributed by atoms with van der Waals surface area (Å²) in [7, 11) is -3.57. The van der Waals surface area contributed by atoms with Crippen LogP contribution in [0.25, 0.3) is 12.2 Å². The van der Waals surface area contributed by atoms with Crippen molar-refractivity contribution >= 4 is 45.2 Å². The molecule has 112 valence electrons. The first-order chi connectivity index (χ1) is 9.80. The summed E-state index contributed by atoms with van der Waals surface area (Å²) >= 11 is 11.8. The third-order valence-electron chi connectivity index (χ3n) is 2.65. The number of nitrogens with zero attached hydrogens (tertiary/aromatic N) is 2. The molecule has 0 amide bonds. The van der Waals surface area contributed by atoms with Crippen molar-refractivity contribution in [1.29, 1.82) is 0 Å². The molecule has 8 heteroatoms. The van der Waals surface area contributed by atoms with Gasteiger partial charge in [0.25, 0.3) is 0 Å². The van der Waals surface area contributed by atoms with Crippen LogP contribution >= 0.6 is 23.2 Å². The number of aromatic nitrogens is 2. The molecule has 5 nitrogen and oxygen atoms in total. The van der Waals surface area contributed by atoms with Gasteiger partial charge >= 0.3 is 5.22 Å². The Kier molecular flexibility index (Phi) is 4.70. The van der Waals surface area contributed by atoms with E-state index in [2.05, 4.69) is 10.2 Å². The molecule has 0 N–H and O–H groups in total. The normalized spacial score (nSPS) is 12.4. The lowest BCUT2D eigenvalue weighted by Gasteiger charge is -2.00. The molecule has 1 aromatic carbocycles. The van der Waals surface area contributed by atoms with Gasteiger partial charge < -0.3 is 4.42 Å². The van der Waals surface area contributed by atoms with Crippen LogP contribution in [0.4, 0.5) is 0 Å². The third-order valence-corrected chi connectivity index (χ3v) is 5.11. The first-order valence-electron chi connectivity index (χ1n) is 6.01. The van der Waals surface area contributed by atoms with E-state index in [1.807, 2.05) is 0 Å². The topological polar surface area (TPSA) is 73.1 Å². The number of hydrogen-bond donors (Lipinski definition) is 0. The van der Waals surface area contributed by atoms with Gasteiger partial charge in [-0.05, 0) is 37.6 Å². The zero-order valence-electron chi connectivity index (χ0n) is 11.2. The molecule has 0 atom stereocenters. The largest absolute Gasteiger partial charge is 0.408 e. The van der Waals surface area contributed by atoms with E-state index in [1.165, 1.54) is 6.08 Å². The number of halogens is 2. The number of sulfone groups is 1. The van der Waals surface area contributed by atoms with Gasteiger partial charge in [0.2, 0.25) is 15.7 Å². The van der Waals surface area contributed by atoms with E-state index in [-0.39, 0.29) is 11.1 Å². The highest BCUT2D eigenvalue weighted by Crippen LogP contribution is 2.23. The maximum Gasteiger partial charge on any atom is 0.336 e. The quantitative estimate of drug-likeness (QED) is 0.843. The molecular formula is C13H12Cl2N2O3S. The van der Waals surface area contributed by atoms with Crippen LogP contribution in [-0.2, 0) is 9.84 Å². The third kappa shape index (κ3) is 3.64. The molecule has 0 aliphatic rings. The molecule has 2 aromatic rings. The second-order valence-corrected chi connectivity index (χ2v) is 7.72. The fraction of sp³-hybridized carbons (Fsp3) is 0.231. The molecule has 0 aliphatic heterocycles. The summed E-state index contributed by atoms with van der Waals surface area (Å²) in [6.07, 6.45) is 3.12. The second-order valence-electron chi connectivity index (χ2n) is 4.50. The van der Waals surface area contributed by atoms with E-state index in [0.29, 0.717) is 15.6 Å². The van der Waals surface area contributed by atoms with Crippen LogP contribution in [0.5, 0.6) is 0 Å². The molecule has 0 bridgehead atoms. The van der Waals surface area contributed by atoms with Crippen LogP contribution in [0.2, 0.25) is 10.0 Å². The van der Waals surface area contributed by atoms with Gasteiger partial charge in [0.1, 0.15) is 0 Å². The number of hydrogen-bond acceptors (Lipinski definition) is 5. The molecule has 0 fully saturated rings. The van der Waals surface area contributed by atoms with Gasteiger partial charge in [0.15, 0.2) is 0 Å². The van der Waals surface area contributed by atoms with E-state index < -0.39 is 15.1 Å². The summed E-state index contributed by atoms with van der Waals surface area (Å²) in [5, 5.41) is 7.20. The predicted molar refractivity (Wildman–Crippen MR) is 82.0 cm³/mol. The molecule has 2 rings (SSSR count). The molecule has 0 saturated heterocycles. The Morgan fingerprint density at radius 3 is 2.52 bits per heavy atom. The van der Waals surface area contributed by atoms with Crippen molar-refractivity contribution in [3.63, 3.8) is 0 Å². The lowest BCUT2D eigenvalue weighted by molar-refractivity contribution is 0.421. The van der Waals surface area contributed by atoms with E-state index in [9.17, 15) is 8.42 Å². The zero-order chi connectivity index (χ0) is 15.6. The second kappa shape index (κ2) is 6.17. The van der Waals surface area contributed by atoms with Gasteiger partial charge in [0, 0.05) is 16.1 Å². The van der Waals surface area contributed by atoms with Crippen LogP contribution in [0, 0.1) is 0 Å². The Balaban J connectivity index is 2.25. The number of benzene rings is 1. The lowest BCUT2D eigenvalue weighted by atomic mass is 10.2. The predicted octanol–water partition coefficient (Wildman–Crippen LogP) is 3.73. The van der Waals surface area contributed by atoms with Crippen molar-refractivity contribution in [2.24, 2.45) is 0 Å². The average molecular weight is 347 g/mol. The fourth-order valence-electron chi connectivity index (χ4n) is 1.40. The van der Waals surface area contributed by atoms with Gasteiger partial charge in [-0.3, -0.25) is 0 Å². The highest BCUT2D eigenvalue weighted by molar-refractivity contribution is 7.91. The summed E-state index contributed by atoms with van der Waals surface area (Å²) in [5.41, 5.74) is 0.701. The summed E-state index contributed by atoms with van der Waals surface area (Å²) in [6, 6.07) is 5.02. The van der Waals surface area contributed by atoms with Crippen molar-refractivity contribution in [1.82, 2.24) is 10.2 Å². The lowest BCUT2D eigenvalue weighted by Crippen LogP contribution is -2.14. The van der Waals surface area contributed by atoms with E-state index in [4.69, 9.17) is 27.6 Å². The SMILES string of the molecule is CC(C)S(=O)(=O)c1nnc(/C=C/c2ccc(Cl)cc2Cl)o1. The Labute approximate surface area is 132 Å². The van der Waals surface area contributed by atoms with E-state index in [1.54, 1.807) is 38.1 Å². The number of rotatable bonds is 4. The van der Waals surface area contributed by atoms with Crippen LogP contribution in [0.15, 0.2) is 27.8 Å². The molecule has 0 aliphatic carbocycles. The van der Waals surface area contributed by atoms with Crippen LogP contribution < -0.4 is 0 Å². The van der Waals surface area contributed by atoms with Gasteiger partial charge in [-0.15, -0.1) is 5.10 Å². The van der Waals surface area contributed by atoms with Crippen LogP contribution in [-0.4, -0.2) is 23.9 Å². The van der Waals surface area contributed by atoms with Crippen molar-refractivity contribution in [3.8, 4) is 0 Å². The molecule has 0 saturated carbocycles. The zero-order valence-corrected chi connectivity index (χ0v) is 13.6. The van der Waals surface area contributed by atoms with E-state index in [0.717, 1.165) is 0 Å². The molecule has 0 unspecified atom stereocenters. The highest BCUT2D eigenvalue weighted by Gasteiger charge is 2.25. The Bertz CT molecular complexity index is 782. The van der Waals surface area contributed by atoms with Crippen LogP contribution in [0.3, 0.4) is 0 Å². The van der Waals surface area contributed by atoms with E-state index >= 15 is 0 Å².